The molecule has 2 rings (SSSR count). The lowest BCUT2D eigenvalue weighted by Gasteiger charge is -2.06. The Hall–Kier alpha value is -1.70. The van der Waals surface area contributed by atoms with E-state index in [0.29, 0.717) is 30.5 Å². The zero-order valence-electron chi connectivity index (χ0n) is 10.1. The van der Waals surface area contributed by atoms with Gasteiger partial charge in [0.1, 0.15) is 5.58 Å². The molecule has 1 aromatic carbocycles. The lowest BCUT2D eigenvalue weighted by atomic mass is 10.2. The molecule has 7 heteroatoms. The zero-order chi connectivity index (χ0) is 13.9. The molecular formula is C12H14N2O4S. The van der Waals surface area contributed by atoms with E-state index in [0.717, 1.165) is 0 Å². The van der Waals surface area contributed by atoms with E-state index in [2.05, 4.69) is 4.72 Å². The van der Waals surface area contributed by atoms with Crippen LogP contribution in [0, 0.1) is 0 Å². The molecule has 2 aromatic rings. The molecule has 19 heavy (non-hydrogen) atoms. The molecule has 0 atom stereocenters. The number of sulfonamides is 1. The molecule has 0 saturated heterocycles. The fraction of sp³-hybridized carbons (Fsp3) is 0.250. The van der Waals surface area contributed by atoms with Crippen LogP contribution >= 0.6 is 0 Å². The number of hydrogen-bond donors (Lipinski definition) is 2. The summed E-state index contributed by atoms with van der Waals surface area (Å²) in [6.45, 7) is 0.714. The molecule has 102 valence electrons. The summed E-state index contributed by atoms with van der Waals surface area (Å²) in [5.41, 5.74) is 5.19. The Labute approximate surface area is 110 Å². The van der Waals surface area contributed by atoms with Gasteiger partial charge in [-0.05, 0) is 37.2 Å². The zero-order valence-corrected chi connectivity index (χ0v) is 10.9. The van der Waals surface area contributed by atoms with Crippen LogP contribution in [0.1, 0.15) is 6.42 Å². The van der Waals surface area contributed by atoms with Crippen molar-refractivity contribution in [3.8, 4) is 0 Å². The van der Waals surface area contributed by atoms with Crippen LogP contribution < -0.4 is 16.1 Å². The first-order chi connectivity index (χ1) is 9.03. The number of fused-ring (bicyclic) bond motifs is 1. The normalized spacial score (nSPS) is 11.8. The number of nitrogens with one attached hydrogen (secondary N) is 1. The maximum atomic E-state index is 12.0. The highest BCUT2D eigenvalue weighted by molar-refractivity contribution is 7.89. The second kappa shape index (κ2) is 5.52. The van der Waals surface area contributed by atoms with Gasteiger partial charge in [-0.2, -0.15) is 0 Å². The first-order valence-electron chi connectivity index (χ1n) is 5.76. The van der Waals surface area contributed by atoms with Gasteiger partial charge >= 0.3 is 5.63 Å². The highest BCUT2D eigenvalue weighted by Crippen LogP contribution is 2.17. The Morgan fingerprint density at radius 1 is 1.21 bits per heavy atom. The van der Waals surface area contributed by atoms with Gasteiger partial charge in [-0.15, -0.1) is 0 Å². The molecular weight excluding hydrogens is 268 g/mol. The minimum atomic E-state index is -3.56. The van der Waals surface area contributed by atoms with Gasteiger partial charge in [0, 0.05) is 18.0 Å². The molecule has 0 saturated carbocycles. The molecule has 1 aromatic heterocycles. The molecule has 1 heterocycles. The summed E-state index contributed by atoms with van der Waals surface area (Å²) in [5, 5.41) is 0.557. The molecule has 0 amide bonds. The summed E-state index contributed by atoms with van der Waals surface area (Å²) >= 11 is 0. The Morgan fingerprint density at radius 3 is 2.74 bits per heavy atom. The van der Waals surface area contributed by atoms with Crippen molar-refractivity contribution in [2.45, 2.75) is 11.3 Å². The largest absolute Gasteiger partial charge is 0.423 e. The van der Waals surface area contributed by atoms with Gasteiger partial charge in [-0.25, -0.2) is 17.9 Å². The monoisotopic (exact) mass is 282 g/mol. The van der Waals surface area contributed by atoms with E-state index in [1.165, 1.54) is 30.3 Å². The lowest BCUT2D eigenvalue weighted by Crippen LogP contribution is -2.26. The van der Waals surface area contributed by atoms with E-state index in [4.69, 9.17) is 10.2 Å². The molecule has 0 aliphatic carbocycles. The van der Waals surface area contributed by atoms with Gasteiger partial charge < -0.3 is 10.2 Å². The first kappa shape index (κ1) is 13.7. The van der Waals surface area contributed by atoms with Crippen molar-refractivity contribution in [2.75, 3.05) is 13.1 Å². The van der Waals surface area contributed by atoms with Crippen LogP contribution in [0.2, 0.25) is 0 Å². The predicted molar refractivity (Wildman–Crippen MR) is 71.3 cm³/mol. The number of rotatable bonds is 5. The molecule has 0 aliphatic heterocycles. The summed E-state index contributed by atoms with van der Waals surface area (Å²) in [6.07, 6.45) is 0.571. The van der Waals surface area contributed by atoms with E-state index >= 15 is 0 Å². The Bertz CT molecular complexity index is 737. The van der Waals surface area contributed by atoms with E-state index in [-0.39, 0.29) is 4.90 Å². The second-order valence-electron chi connectivity index (χ2n) is 3.99. The SMILES string of the molecule is NCCCNS(=O)(=O)c1ccc2oc(=O)ccc2c1. The van der Waals surface area contributed by atoms with Gasteiger partial charge in [0.15, 0.2) is 0 Å². The topological polar surface area (TPSA) is 102 Å². The average Bonchev–Trinajstić information content (AvgIpc) is 2.38. The van der Waals surface area contributed by atoms with E-state index in [9.17, 15) is 13.2 Å². The smallest absolute Gasteiger partial charge is 0.336 e. The van der Waals surface area contributed by atoms with Gasteiger partial charge in [-0.1, -0.05) is 0 Å². The number of hydrogen-bond acceptors (Lipinski definition) is 5. The summed E-state index contributed by atoms with van der Waals surface area (Å²) in [7, 11) is -3.56. The first-order valence-corrected chi connectivity index (χ1v) is 7.25. The fourth-order valence-corrected chi connectivity index (χ4v) is 2.72. The summed E-state index contributed by atoms with van der Waals surface area (Å²) in [4.78, 5) is 11.2. The number of nitrogens with two attached hydrogens (primary N) is 1. The van der Waals surface area contributed by atoms with E-state index in [1.807, 2.05) is 0 Å². The van der Waals surface area contributed by atoms with Crippen molar-refractivity contribution < 1.29 is 12.8 Å². The lowest BCUT2D eigenvalue weighted by molar-refractivity contribution is 0.560. The van der Waals surface area contributed by atoms with Crippen LogP contribution in [0.3, 0.4) is 0 Å². The Balaban J connectivity index is 2.35. The quantitative estimate of drug-likeness (QED) is 0.611. The summed E-state index contributed by atoms with van der Waals surface area (Å²) in [5.74, 6) is 0. The summed E-state index contributed by atoms with van der Waals surface area (Å²) < 4.78 is 31.3. The third-order valence-electron chi connectivity index (χ3n) is 2.57. The predicted octanol–water partition coefficient (Wildman–Crippen LogP) is 0.420. The Kier molecular flexibility index (Phi) is 3.98. The second-order valence-corrected chi connectivity index (χ2v) is 5.76. The van der Waals surface area contributed by atoms with Gasteiger partial charge in [0.05, 0.1) is 4.90 Å². The van der Waals surface area contributed by atoms with Gasteiger partial charge in [0.25, 0.3) is 0 Å². The average molecular weight is 282 g/mol. The van der Waals surface area contributed by atoms with Crippen molar-refractivity contribution in [1.29, 1.82) is 0 Å². The maximum Gasteiger partial charge on any atom is 0.336 e. The van der Waals surface area contributed by atoms with Crippen LogP contribution in [0.25, 0.3) is 11.0 Å². The van der Waals surface area contributed by atoms with Crippen LogP contribution in [0.15, 0.2) is 44.4 Å². The molecule has 0 bridgehead atoms. The highest BCUT2D eigenvalue weighted by Gasteiger charge is 2.13. The van der Waals surface area contributed by atoms with Gasteiger partial charge in [0.2, 0.25) is 10.0 Å². The van der Waals surface area contributed by atoms with Crippen molar-refractivity contribution >= 4 is 21.0 Å². The minimum absolute atomic E-state index is 0.130. The summed E-state index contributed by atoms with van der Waals surface area (Å²) in [6, 6.07) is 7.11. The maximum absolute atomic E-state index is 12.0. The fourth-order valence-electron chi connectivity index (χ4n) is 1.61. The molecule has 3 N–H and O–H groups in total. The van der Waals surface area contributed by atoms with Crippen LogP contribution in [-0.2, 0) is 10.0 Å². The molecule has 0 spiro atoms. The van der Waals surface area contributed by atoms with Crippen molar-refractivity contribution in [1.82, 2.24) is 4.72 Å². The van der Waals surface area contributed by atoms with Crippen molar-refractivity contribution in [2.24, 2.45) is 5.73 Å². The molecule has 6 nitrogen and oxygen atoms in total. The third kappa shape index (κ3) is 3.19. The standard InChI is InChI=1S/C12H14N2O4S/c13-6-1-7-14-19(16,17)10-3-4-11-9(8-10)2-5-12(15)18-11/h2-5,8,14H,1,6-7,13H2. The number of benzene rings is 1. The Morgan fingerprint density at radius 2 is 2.00 bits per heavy atom. The van der Waals surface area contributed by atoms with Crippen molar-refractivity contribution in [3.05, 3.63) is 40.8 Å². The van der Waals surface area contributed by atoms with E-state index in [1.54, 1.807) is 0 Å². The molecule has 0 aliphatic rings. The third-order valence-corrected chi connectivity index (χ3v) is 4.03. The molecule has 0 radical (unpaired) electrons. The van der Waals surface area contributed by atoms with E-state index < -0.39 is 15.6 Å². The van der Waals surface area contributed by atoms with Gasteiger partial charge in [-0.3, -0.25) is 0 Å². The van der Waals surface area contributed by atoms with Crippen LogP contribution in [0.5, 0.6) is 0 Å². The van der Waals surface area contributed by atoms with Crippen molar-refractivity contribution in [3.63, 3.8) is 0 Å². The van der Waals surface area contributed by atoms with Crippen LogP contribution in [0.4, 0.5) is 0 Å². The van der Waals surface area contributed by atoms with Crippen LogP contribution in [-0.4, -0.2) is 21.5 Å². The molecule has 0 unspecified atom stereocenters. The minimum Gasteiger partial charge on any atom is -0.423 e. The highest BCUT2D eigenvalue weighted by atomic mass is 32.2. The molecule has 0 fully saturated rings.